The molecule has 11 heteroatoms. The summed E-state index contributed by atoms with van der Waals surface area (Å²) >= 11 is 0. The number of benzene rings is 1. The number of imide groups is 1. The molecule has 0 radical (unpaired) electrons. The molecule has 0 saturated carbocycles. The van der Waals surface area contributed by atoms with Gasteiger partial charge in [0.15, 0.2) is 12.0 Å². The Labute approximate surface area is 167 Å². The zero-order chi connectivity index (χ0) is 21.0. The minimum Gasteiger partial charge on any atom is -0.491 e. The molecular weight excluding hydrogens is 382 g/mol. The molecule has 2 aliphatic rings. The first kappa shape index (κ1) is 20.4. The molecule has 2 fully saturated rings. The van der Waals surface area contributed by atoms with Gasteiger partial charge in [0.05, 0.1) is 19.5 Å². The molecule has 4 N–H and O–H groups in total. The maximum atomic E-state index is 12.4. The van der Waals surface area contributed by atoms with Crippen LogP contribution in [-0.4, -0.2) is 88.9 Å². The van der Waals surface area contributed by atoms with Gasteiger partial charge in [-0.2, -0.15) is 0 Å². The predicted molar refractivity (Wildman–Crippen MR) is 101 cm³/mol. The van der Waals surface area contributed by atoms with Gasteiger partial charge in [-0.25, -0.2) is 4.79 Å². The van der Waals surface area contributed by atoms with Crippen molar-refractivity contribution in [1.29, 1.82) is 0 Å². The molecule has 0 aliphatic carbocycles. The van der Waals surface area contributed by atoms with Gasteiger partial charge in [0.2, 0.25) is 0 Å². The highest BCUT2D eigenvalue weighted by molar-refractivity contribution is 6.04. The number of urea groups is 1. The number of guanidine groups is 1. The molecule has 0 spiro atoms. The molecule has 1 aromatic rings. The number of amides is 3. The van der Waals surface area contributed by atoms with Gasteiger partial charge in [-0.3, -0.25) is 19.9 Å². The van der Waals surface area contributed by atoms with Crippen LogP contribution in [0.5, 0.6) is 5.75 Å². The summed E-state index contributed by atoms with van der Waals surface area (Å²) < 4.78 is 5.55. The van der Waals surface area contributed by atoms with Crippen molar-refractivity contribution in [3.05, 3.63) is 30.3 Å². The molecule has 3 amide bonds. The van der Waals surface area contributed by atoms with E-state index in [0.717, 1.165) is 0 Å². The number of rotatable bonds is 8. The molecule has 2 saturated heterocycles. The number of carboxylic acid groups (broad SMARTS) is 1. The number of aliphatic hydroxyl groups is 1. The molecule has 156 valence electrons. The third-order valence-corrected chi connectivity index (χ3v) is 4.60. The Hall–Kier alpha value is -3.34. The molecule has 3 atom stereocenters. The normalized spacial score (nSPS) is 23.4. The molecule has 11 nitrogen and oxygen atoms in total. The second-order valence-corrected chi connectivity index (χ2v) is 6.72. The summed E-state index contributed by atoms with van der Waals surface area (Å²) in [5, 5.41) is 24.5. The number of ether oxygens (including phenoxy) is 1. The summed E-state index contributed by atoms with van der Waals surface area (Å²) in [5.41, 5.74) is 0. The van der Waals surface area contributed by atoms with Crippen molar-refractivity contribution in [2.75, 3.05) is 26.7 Å². The van der Waals surface area contributed by atoms with E-state index in [0.29, 0.717) is 5.75 Å². The van der Waals surface area contributed by atoms with Crippen molar-refractivity contribution >= 4 is 23.9 Å². The largest absolute Gasteiger partial charge is 0.491 e. The fourth-order valence-corrected chi connectivity index (χ4v) is 3.17. The minimum absolute atomic E-state index is 0.00234. The van der Waals surface area contributed by atoms with Gasteiger partial charge in [0.1, 0.15) is 24.6 Å². The van der Waals surface area contributed by atoms with Crippen LogP contribution in [0.2, 0.25) is 0 Å². The Morgan fingerprint density at radius 2 is 2.03 bits per heavy atom. The number of nitrogens with one attached hydrogen (secondary N) is 2. The molecule has 3 unspecified atom stereocenters. The number of hydrogen-bond donors (Lipinski definition) is 4. The quantitative estimate of drug-likeness (QED) is 0.433. The molecule has 1 aromatic carbocycles. The molecule has 0 bridgehead atoms. The van der Waals surface area contributed by atoms with E-state index in [9.17, 15) is 19.5 Å². The monoisotopic (exact) mass is 405 g/mol. The van der Waals surface area contributed by atoms with E-state index < -0.39 is 36.2 Å². The molecular formula is C18H23N5O6. The number of aliphatic imine (C=N–C) groups is 1. The maximum absolute atomic E-state index is 12.4. The number of nitrogens with zero attached hydrogens (tertiary/aromatic N) is 3. The lowest BCUT2D eigenvalue weighted by Gasteiger charge is -2.35. The average molecular weight is 405 g/mol. The molecule has 29 heavy (non-hydrogen) atoms. The zero-order valence-electron chi connectivity index (χ0n) is 15.8. The maximum Gasteiger partial charge on any atom is 0.325 e. The van der Waals surface area contributed by atoms with Crippen LogP contribution < -0.4 is 15.4 Å². The van der Waals surface area contributed by atoms with Gasteiger partial charge in [-0.1, -0.05) is 18.2 Å². The summed E-state index contributed by atoms with van der Waals surface area (Å²) in [4.78, 5) is 42.2. The van der Waals surface area contributed by atoms with Gasteiger partial charge in [0.25, 0.3) is 5.91 Å². The number of aliphatic carboxylic acids is 1. The first-order chi connectivity index (χ1) is 13.9. The predicted octanol–water partition coefficient (Wildman–Crippen LogP) is -0.961. The van der Waals surface area contributed by atoms with E-state index in [1.165, 1.54) is 16.8 Å². The van der Waals surface area contributed by atoms with E-state index in [1.54, 1.807) is 12.1 Å². The number of hydrogen-bond acceptors (Lipinski definition) is 6. The van der Waals surface area contributed by atoms with Gasteiger partial charge in [-0.15, -0.1) is 0 Å². The SMILES string of the molecule is CN1C(=O)NC(=O)C2C1NC(=NCCC(=O)O)N2CC(O)COc1ccccc1. The zero-order valence-corrected chi connectivity index (χ0v) is 15.8. The van der Waals surface area contributed by atoms with Crippen LogP contribution in [0.1, 0.15) is 6.42 Å². The number of carbonyl (C=O) groups excluding carboxylic acids is 2. The van der Waals surface area contributed by atoms with Crippen LogP contribution in [0.3, 0.4) is 0 Å². The molecule has 2 heterocycles. The fraction of sp³-hybridized carbons (Fsp3) is 0.444. The van der Waals surface area contributed by atoms with Crippen molar-refractivity contribution < 1.29 is 29.3 Å². The Kier molecular flexibility index (Phi) is 6.17. The molecule has 2 aliphatic heterocycles. The fourth-order valence-electron chi connectivity index (χ4n) is 3.17. The third-order valence-electron chi connectivity index (χ3n) is 4.60. The number of fused-ring (bicyclic) bond motifs is 1. The summed E-state index contributed by atoms with van der Waals surface area (Å²) in [6, 6.07) is 7.61. The lowest BCUT2D eigenvalue weighted by atomic mass is 10.1. The standard InChI is InChI=1S/C18H23N5O6/c1-22-15-14(16(27)21-18(22)28)23(17(20-15)19-8-7-13(25)26)9-11(24)10-29-12-5-3-2-4-6-12/h2-6,11,14-15,24H,7-10H2,1H3,(H,19,20)(H,25,26)(H,21,27,28). The van der Waals surface area contributed by atoms with E-state index >= 15 is 0 Å². The Bertz CT molecular complexity index is 801. The average Bonchev–Trinajstić information content (AvgIpc) is 3.04. The van der Waals surface area contributed by atoms with Crippen molar-refractivity contribution in [3.8, 4) is 5.75 Å². The van der Waals surface area contributed by atoms with Crippen molar-refractivity contribution in [2.45, 2.75) is 24.7 Å². The van der Waals surface area contributed by atoms with Gasteiger partial charge >= 0.3 is 12.0 Å². The lowest BCUT2D eigenvalue weighted by molar-refractivity contribution is -0.136. The molecule has 0 aromatic heterocycles. The van der Waals surface area contributed by atoms with E-state index in [2.05, 4.69) is 15.6 Å². The van der Waals surface area contributed by atoms with E-state index in [-0.39, 0.29) is 32.1 Å². The number of β-amino-alcohol motifs (C(OH)–C–C–N with tert-alkyl or cyclic N) is 1. The number of likely N-dealkylation sites (N-methyl/N-ethyl adjacent to an activating group) is 1. The van der Waals surface area contributed by atoms with E-state index in [1.807, 2.05) is 18.2 Å². The molecule has 3 rings (SSSR count). The van der Waals surface area contributed by atoms with Crippen molar-refractivity contribution in [3.63, 3.8) is 0 Å². The van der Waals surface area contributed by atoms with Crippen LogP contribution >= 0.6 is 0 Å². The van der Waals surface area contributed by atoms with Crippen LogP contribution in [0.4, 0.5) is 4.79 Å². The first-order valence-electron chi connectivity index (χ1n) is 9.10. The summed E-state index contributed by atoms with van der Waals surface area (Å²) in [6.07, 6.45) is -1.83. The Balaban J connectivity index is 1.72. The van der Waals surface area contributed by atoms with Gasteiger partial charge in [0, 0.05) is 7.05 Å². The van der Waals surface area contributed by atoms with Crippen LogP contribution in [-0.2, 0) is 9.59 Å². The second-order valence-electron chi connectivity index (χ2n) is 6.72. The highest BCUT2D eigenvalue weighted by atomic mass is 16.5. The van der Waals surface area contributed by atoms with Crippen LogP contribution in [0, 0.1) is 0 Å². The first-order valence-corrected chi connectivity index (χ1v) is 9.10. The number of para-hydroxylation sites is 1. The topological polar surface area (TPSA) is 144 Å². The third kappa shape index (κ3) is 4.74. The number of carboxylic acids is 1. The summed E-state index contributed by atoms with van der Waals surface area (Å²) in [7, 11) is 1.53. The van der Waals surface area contributed by atoms with Crippen LogP contribution in [0.25, 0.3) is 0 Å². The minimum atomic E-state index is -1.00. The lowest BCUT2D eigenvalue weighted by Crippen LogP contribution is -2.65. The highest BCUT2D eigenvalue weighted by Crippen LogP contribution is 2.21. The smallest absolute Gasteiger partial charge is 0.325 e. The Morgan fingerprint density at radius 3 is 2.72 bits per heavy atom. The second kappa shape index (κ2) is 8.78. The van der Waals surface area contributed by atoms with E-state index in [4.69, 9.17) is 9.84 Å². The van der Waals surface area contributed by atoms with Gasteiger partial charge in [-0.05, 0) is 12.1 Å². The Morgan fingerprint density at radius 1 is 1.31 bits per heavy atom. The van der Waals surface area contributed by atoms with Crippen molar-refractivity contribution in [1.82, 2.24) is 20.4 Å². The number of aliphatic hydroxyl groups excluding tert-OH is 1. The van der Waals surface area contributed by atoms with Crippen LogP contribution in [0.15, 0.2) is 35.3 Å². The van der Waals surface area contributed by atoms with Crippen molar-refractivity contribution in [2.24, 2.45) is 4.99 Å². The number of carbonyl (C=O) groups is 3. The van der Waals surface area contributed by atoms with Gasteiger partial charge < -0.3 is 30.1 Å². The highest BCUT2D eigenvalue weighted by Gasteiger charge is 2.50. The summed E-state index contributed by atoms with van der Waals surface area (Å²) in [5.74, 6) is -0.681. The summed E-state index contributed by atoms with van der Waals surface area (Å²) in [6.45, 7) is -0.0253.